The molecule has 1 aliphatic carbocycles. The molecular weight excluding hydrogens is 264 g/mol. The van der Waals surface area contributed by atoms with Gasteiger partial charge in [0.2, 0.25) is 5.91 Å². The molecule has 1 saturated heterocycles. The third kappa shape index (κ3) is 3.05. The maximum absolute atomic E-state index is 12.1. The summed E-state index contributed by atoms with van der Waals surface area (Å²) >= 11 is 0. The molecule has 0 bridgehead atoms. The summed E-state index contributed by atoms with van der Waals surface area (Å²) < 4.78 is 5.71. The number of rotatable bonds is 5. The minimum atomic E-state index is -0.0967. The van der Waals surface area contributed by atoms with Crippen LogP contribution < -0.4 is 10.5 Å². The van der Waals surface area contributed by atoms with Gasteiger partial charge in [0.25, 0.3) is 0 Å². The van der Waals surface area contributed by atoms with Crippen LogP contribution in [-0.4, -0.2) is 29.5 Å². The quantitative estimate of drug-likeness (QED) is 0.905. The molecule has 1 aromatic carbocycles. The van der Waals surface area contributed by atoms with Gasteiger partial charge in [-0.05, 0) is 36.5 Å². The van der Waals surface area contributed by atoms with Gasteiger partial charge in [-0.1, -0.05) is 26.0 Å². The molecule has 0 aromatic heterocycles. The summed E-state index contributed by atoms with van der Waals surface area (Å²) in [6.07, 6.45) is 2.70. The lowest BCUT2D eigenvalue weighted by molar-refractivity contribution is -0.129. The zero-order valence-corrected chi connectivity index (χ0v) is 12.8. The van der Waals surface area contributed by atoms with Crippen LogP contribution in [0.1, 0.15) is 44.7 Å². The van der Waals surface area contributed by atoms with Crippen molar-refractivity contribution in [3.63, 3.8) is 0 Å². The molecular formula is C17H24N2O2. The highest BCUT2D eigenvalue weighted by molar-refractivity contribution is 5.81. The first kappa shape index (κ1) is 14.4. The number of benzene rings is 1. The van der Waals surface area contributed by atoms with Crippen molar-refractivity contribution in [2.45, 2.75) is 51.2 Å². The molecule has 2 aliphatic rings. The molecule has 4 heteroatoms. The van der Waals surface area contributed by atoms with Crippen LogP contribution in [0.4, 0.5) is 0 Å². The van der Waals surface area contributed by atoms with Crippen LogP contribution in [0.3, 0.4) is 0 Å². The lowest BCUT2D eigenvalue weighted by Crippen LogP contribution is -2.34. The molecule has 2 fully saturated rings. The number of hydrogen-bond acceptors (Lipinski definition) is 3. The minimum Gasteiger partial charge on any atom is -0.493 e. The summed E-state index contributed by atoms with van der Waals surface area (Å²) in [5.74, 6) is 1.59. The third-order valence-corrected chi connectivity index (χ3v) is 4.15. The largest absolute Gasteiger partial charge is 0.493 e. The van der Waals surface area contributed by atoms with Crippen LogP contribution >= 0.6 is 0 Å². The van der Waals surface area contributed by atoms with Gasteiger partial charge in [-0.25, -0.2) is 0 Å². The molecule has 114 valence electrons. The van der Waals surface area contributed by atoms with Crippen LogP contribution in [0.25, 0.3) is 0 Å². The second-order valence-corrected chi connectivity index (χ2v) is 6.62. The second kappa shape index (κ2) is 5.68. The first-order chi connectivity index (χ1) is 10.1. The van der Waals surface area contributed by atoms with Gasteiger partial charge in [-0.2, -0.15) is 0 Å². The Kier molecular flexibility index (Phi) is 3.89. The van der Waals surface area contributed by atoms with E-state index in [2.05, 4.69) is 13.8 Å². The Labute approximate surface area is 126 Å². The van der Waals surface area contributed by atoms with Gasteiger partial charge in [-0.15, -0.1) is 0 Å². The van der Waals surface area contributed by atoms with Crippen molar-refractivity contribution in [3.05, 3.63) is 29.8 Å². The fraction of sp³-hybridized carbons (Fsp3) is 0.588. The number of carbonyl (C=O) groups is 1. The molecule has 1 heterocycles. The van der Waals surface area contributed by atoms with E-state index in [-0.39, 0.29) is 18.0 Å². The highest BCUT2D eigenvalue weighted by Crippen LogP contribution is 2.41. The molecule has 2 unspecified atom stereocenters. The van der Waals surface area contributed by atoms with E-state index in [1.165, 1.54) is 0 Å². The van der Waals surface area contributed by atoms with Crippen molar-refractivity contribution in [1.29, 1.82) is 0 Å². The molecule has 0 radical (unpaired) electrons. The van der Waals surface area contributed by atoms with Gasteiger partial charge >= 0.3 is 0 Å². The summed E-state index contributed by atoms with van der Waals surface area (Å²) in [7, 11) is 0. The summed E-state index contributed by atoms with van der Waals surface area (Å²) in [5, 5.41) is 0. The standard InChI is InChI=1S/C17H24N2O2/c1-11(2)10-21-14-7-3-12(4-8-14)17-15(18)9-16(20)19(17)13-5-6-13/h3-4,7-8,11,13,15,17H,5-6,9-10,18H2,1-2H3. The van der Waals surface area contributed by atoms with Crippen molar-refractivity contribution in [1.82, 2.24) is 4.90 Å². The van der Waals surface area contributed by atoms with E-state index in [9.17, 15) is 4.79 Å². The van der Waals surface area contributed by atoms with Gasteiger partial charge in [0.15, 0.2) is 0 Å². The molecule has 2 N–H and O–H groups in total. The topological polar surface area (TPSA) is 55.6 Å². The highest BCUT2D eigenvalue weighted by atomic mass is 16.5. The van der Waals surface area contributed by atoms with Crippen molar-refractivity contribution in [2.75, 3.05) is 6.61 Å². The molecule has 21 heavy (non-hydrogen) atoms. The fourth-order valence-corrected chi connectivity index (χ4v) is 3.00. The normalized spacial score (nSPS) is 25.7. The number of amides is 1. The maximum Gasteiger partial charge on any atom is 0.225 e. The summed E-state index contributed by atoms with van der Waals surface area (Å²) in [6, 6.07) is 8.41. The summed E-state index contributed by atoms with van der Waals surface area (Å²) in [5.41, 5.74) is 7.32. The average Bonchev–Trinajstić information content (AvgIpc) is 3.23. The Balaban J connectivity index is 1.74. The highest BCUT2D eigenvalue weighted by Gasteiger charge is 2.45. The molecule has 2 atom stereocenters. The van der Waals surface area contributed by atoms with Crippen LogP contribution in [0, 0.1) is 5.92 Å². The number of nitrogens with two attached hydrogens (primary N) is 1. The minimum absolute atomic E-state index is 0.0316. The van der Waals surface area contributed by atoms with Crippen LogP contribution in [0.2, 0.25) is 0 Å². The van der Waals surface area contributed by atoms with E-state index in [1.54, 1.807) is 0 Å². The van der Waals surface area contributed by atoms with E-state index in [0.717, 1.165) is 30.8 Å². The predicted molar refractivity (Wildman–Crippen MR) is 82.0 cm³/mol. The van der Waals surface area contributed by atoms with E-state index in [0.29, 0.717) is 18.4 Å². The van der Waals surface area contributed by atoms with Gasteiger partial charge in [0, 0.05) is 18.5 Å². The smallest absolute Gasteiger partial charge is 0.225 e. The summed E-state index contributed by atoms with van der Waals surface area (Å²) in [6.45, 7) is 4.98. The van der Waals surface area contributed by atoms with E-state index in [1.807, 2.05) is 29.2 Å². The molecule has 1 aromatic rings. The lowest BCUT2D eigenvalue weighted by Gasteiger charge is -2.27. The number of likely N-dealkylation sites (tertiary alicyclic amines) is 1. The van der Waals surface area contributed by atoms with Gasteiger partial charge < -0.3 is 15.4 Å². The van der Waals surface area contributed by atoms with E-state index >= 15 is 0 Å². The Morgan fingerprint density at radius 3 is 2.52 bits per heavy atom. The van der Waals surface area contributed by atoms with E-state index < -0.39 is 0 Å². The molecule has 1 amide bonds. The van der Waals surface area contributed by atoms with Crippen LogP contribution in [0.15, 0.2) is 24.3 Å². The predicted octanol–water partition coefficient (Wildman–Crippen LogP) is 2.48. The SMILES string of the molecule is CC(C)COc1ccc(C2C(N)CC(=O)N2C2CC2)cc1. The fourth-order valence-electron chi connectivity index (χ4n) is 3.00. The van der Waals surface area contributed by atoms with Crippen molar-refractivity contribution >= 4 is 5.91 Å². The van der Waals surface area contributed by atoms with Gasteiger partial charge in [0.1, 0.15) is 5.75 Å². The average molecular weight is 288 g/mol. The summed E-state index contributed by atoms with van der Waals surface area (Å²) in [4.78, 5) is 14.1. The monoisotopic (exact) mass is 288 g/mol. The number of nitrogens with zero attached hydrogens (tertiary/aromatic N) is 1. The van der Waals surface area contributed by atoms with Crippen LogP contribution in [-0.2, 0) is 4.79 Å². The Morgan fingerprint density at radius 1 is 1.29 bits per heavy atom. The maximum atomic E-state index is 12.1. The Morgan fingerprint density at radius 2 is 1.95 bits per heavy atom. The molecule has 4 nitrogen and oxygen atoms in total. The molecule has 1 aliphatic heterocycles. The zero-order valence-electron chi connectivity index (χ0n) is 12.8. The number of ether oxygens (including phenoxy) is 1. The lowest BCUT2D eigenvalue weighted by atomic mass is 10.0. The van der Waals surface area contributed by atoms with Crippen LogP contribution in [0.5, 0.6) is 5.75 Å². The van der Waals surface area contributed by atoms with E-state index in [4.69, 9.17) is 10.5 Å². The third-order valence-electron chi connectivity index (χ3n) is 4.15. The molecule has 1 saturated carbocycles. The number of carbonyl (C=O) groups excluding carboxylic acids is 1. The second-order valence-electron chi connectivity index (χ2n) is 6.62. The number of hydrogen-bond donors (Lipinski definition) is 1. The molecule has 0 spiro atoms. The van der Waals surface area contributed by atoms with Gasteiger partial charge in [0.05, 0.1) is 12.6 Å². The van der Waals surface area contributed by atoms with Gasteiger partial charge in [-0.3, -0.25) is 4.79 Å². The zero-order chi connectivity index (χ0) is 15.0. The van der Waals surface area contributed by atoms with Crippen molar-refractivity contribution in [3.8, 4) is 5.75 Å². The first-order valence-electron chi connectivity index (χ1n) is 7.85. The molecule has 3 rings (SSSR count). The van der Waals surface area contributed by atoms with Crippen molar-refractivity contribution in [2.24, 2.45) is 11.7 Å². The van der Waals surface area contributed by atoms with Crippen molar-refractivity contribution < 1.29 is 9.53 Å². The first-order valence-corrected chi connectivity index (χ1v) is 7.85. The Bertz CT molecular complexity index is 508. The Hall–Kier alpha value is -1.55.